The molecule has 0 radical (unpaired) electrons. The molecule has 0 aromatic heterocycles. The summed E-state index contributed by atoms with van der Waals surface area (Å²) in [5, 5.41) is 0. The van der Waals surface area contributed by atoms with Crippen LogP contribution in [0.5, 0.6) is 0 Å². The number of carbonyl (C=O) groups excluding carboxylic acids is 4. The summed E-state index contributed by atoms with van der Waals surface area (Å²) in [4.78, 5) is 40.1. The van der Waals surface area contributed by atoms with Gasteiger partial charge < -0.3 is 9.47 Å². The lowest BCUT2D eigenvalue weighted by Gasteiger charge is -2.10. The van der Waals surface area contributed by atoms with Crippen molar-refractivity contribution >= 4 is 24.5 Å². The lowest BCUT2D eigenvalue weighted by Crippen LogP contribution is -2.25. The highest BCUT2D eigenvalue weighted by molar-refractivity contribution is 5.89. The highest BCUT2D eigenvalue weighted by Gasteiger charge is 2.25. The number of ether oxygens (including phenoxy) is 2. The molecule has 16 heteroatoms. The van der Waals surface area contributed by atoms with Gasteiger partial charge in [-0.3, -0.25) is 32.1 Å². The van der Waals surface area contributed by atoms with Gasteiger partial charge in [0.15, 0.2) is 0 Å². The molecule has 236 valence electrons. The number of halogens is 6. The van der Waals surface area contributed by atoms with Crippen molar-refractivity contribution in [3.05, 3.63) is 70.8 Å². The minimum absolute atomic E-state index is 0.0706. The molecule has 2 atom stereocenters. The van der Waals surface area contributed by atoms with Crippen LogP contribution in [-0.2, 0) is 19.1 Å². The third kappa shape index (κ3) is 19.3. The van der Waals surface area contributed by atoms with E-state index in [0.29, 0.717) is 24.3 Å². The Morgan fingerprint density at radius 1 is 0.690 bits per heavy atom. The van der Waals surface area contributed by atoms with Crippen molar-refractivity contribution in [3.63, 3.8) is 0 Å². The van der Waals surface area contributed by atoms with E-state index in [-0.39, 0.29) is 24.0 Å². The Kier molecular flexibility index (Phi) is 20.1. The van der Waals surface area contributed by atoms with Crippen molar-refractivity contribution in [2.45, 2.75) is 52.1 Å². The molecule has 0 saturated heterocycles. The van der Waals surface area contributed by atoms with E-state index in [1.807, 2.05) is 38.1 Å². The van der Waals surface area contributed by atoms with Gasteiger partial charge in [0.25, 0.3) is 0 Å². The normalized spacial score (nSPS) is 11.9. The zero-order chi connectivity index (χ0) is 32.9. The fourth-order valence-corrected chi connectivity index (χ4v) is 2.44. The summed E-state index contributed by atoms with van der Waals surface area (Å²) in [6.07, 6.45) is -11.4. The van der Waals surface area contributed by atoms with Crippen LogP contribution in [0.2, 0.25) is 0 Å². The quantitative estimate of drug-likeness (QED) is 0.111. The number of hydrazine groups is 2. The van der Waals surface area contributed by atoms with Crippen LogP contribution in [0.4, 0.5) is 26.3 Å². The third-order valence-electron chi connectivity index (χ3n) is 4.61. The van der Waals surface area contributed by atoms with Gasteiger partial charge in [-0.1, -0.05) is 24.3 Å². The summed E-state index contributed by atoms with van der Waals surface area (Å²) >= 11 is 0. The topological polar surface area (TPSA) is 163 Å². The number of carbonyl (C=O) groups is 4. The van der Waals surface area contributed by atoms with Gasteiger partial charge >= 0.3 is 24.3 Å². The molecule has 10 nitrogen and oxygen atoms in total. The van der Waals surface area contributed by atoms with Crippen LogP contribution in [0, 0.1) is 0 Å². The van der Waals surface area contributed by atoms with E-state index in [1.165, 1.54) is 0 Å². The number of rotatable bonds is 8. The van der Waals surface area contributed by atoms with Gasteiger partial charge in [0.05, 0.1) is 24.3 Å². The molecular weight excluding hydrogens is 578 g/mol. The van der Waals surface area contributed by atoms with E-state index in [4.69, 9.17) is 30.7 Å². The molecule has 0 heterocycles. The van der Waals surface area contributed by atoms with Crippen LogP contribution in [0.1, 0.15) is 71.6 Å². The Labute approximate surface area is 238 Å². The third-order valence-corrected chi connectivity index (χ3v) is 4.61. The van der Waals surface area contributed by atoms with Crippen LogP contribution < -0.4 is 22.5 Å². The first-order valence-corrected chi connectivity index (χ1v) is 12.0. The molecule has 0 aliphatic rings. The first-order valence-electron chi connectivity index (χ1n) is 12.0. The number of esters is 2. The maximum atomic E-state index is 11.3. The van der Waals surface area contributed by atoms with Gasteiger partial charge in [0.2, 0.25) is 12.6 Å². The van der Waals surface area contributed by atoms with Crippen molar-refractivity contribution < 1.29 is 55.0 Å². The number of benzene rings is 2. The SMILES string of the molecule is CCOC(=O)c1ccc([C@@H](C)NN)cc1.CCOC(=O)c1ccc([C@H](C)NN)cc1.O=CC(F)(F)F.O=CC(F)(F)F. The van der Waals surface area contributed by atoms with Crippen LogP contribution in [0.3, 0.4) is 0 Å². The molecule has 2 aromatic carbocycles. The van der Waals surface area contributed by atoms with Gasteiger partial charge in [0.1, 0.15) is 0 Å². The molecule has 0 aliphatic carbocycles. The average Bonchev–Trinajstić information content (AvgIpc) is 2.97. The Hall–Kier alpha value is -3.86. The van der Waals surface area contributed by atoms with Gasteiger partial charge in [-0.05, 0) is 63.1 Å². The van der Waals surface area contributed by atoms with Crippen molar-refractivity contribution in [1.29, 1.82) is 0 Å². The first-order chi connectivity index (χ1) is 19.5. The van der Waals surface area contributed by atoms with E-state index < -0.39 is 24.9 Å². The van der Waals surface area contributed by atoms with E-state index in [2.05, 4.69) is 10.9 Å². The van der Waals surface area contributed by atoms with Gasteiger partial charge in [-0.15, -0.1) is 0 Å². The van der Waals surface area contributed by atoms with Crippen molar-refractivity contribution in [3.8, 4) is 0 Å². The number of hydrogen-bond acceptors (Lipinski definition) is 10. The van der Waals surface area contributed by atoms with E-state index in [9.17, 15) is 35.9 Å². The molecule has 42 heavy (non-hydrogen) atoms. The lowest BCUT2D eigenvalue weighted by molar-refractivity contribution is -0.156. The molecule has 0 unspecified atom stereocenters. The number of aldehydes is 2. The zero-order valence-corrected chi connectivity index (χ0v) is 23.2. The molecule has 0 fully saturated rings. The standard InChI is InChI=1S/2C11H16N2O2.2C2HF3O/c2*1-3-15-11(14)10-6-4-9(5-7-10)8(2)13-12;2*3-2(4,5)1-6/h2*4-8,13H,3,12H2,1-2H3;2*1H/t2*8-;;/m10../s1. The summed E-state index contributed by atoms with van der Waals surface area (Å²) < 4.78 is 72.3. The predicted molar refractivity (Wildman–Crippen MR) is 141 cm³/mol. The number of hydrogen-bond donors (Lipinski definition) is 4. The van der Waals surface area contributed by atoms with Gasteiger partial charge in [-0.2, -0.15) is 26.3 Å². The molecule has 0 aliphatic heterocycles. The number of alkyl halides is 6. The second kappa shape index (κ2) is 20.9. The van der Waals surface area contributed by atoms with Crippen molar-refractivity contribution in [1.82, 2.24) is 10.9 Å². The zero-order valence-electron chi connectivity index (χ0n) is 23.2. The lowest BCUT2D eigenvalue weighted by atomic mass is 10.1. The van der Waals surface area contributed by atoms with Crippen LogP contribution in [0.15, 0.2) is 48.5 Å². The predicted octanol–water partition coefficient (Wildman–Crippen LogP) is 4.27. The number of nitrogens with one attached hydrogen (secondary N) is 2. The summed E-state index contributed by atoms with van der Waals surface area (Å²) in [7, 11) is 0. The minimum atomic E-state index is -4.64. The molecule has 2 aromatic rings. The molecule has 0 bridgehead atoms. The van der Waals surface area contributed by atoms with Gasteiger partial charge in [0, 0.05) is 12.1 Å². The highest BCUT2D eigenvalue weighted by atomic mass is 19.4. The Morgan fingerprint density at radius 3 is 1.10 bits per heavy atom. The summed E-state index contributed by atoms with van der Waals surface area (Å²) in [5.74, 6) is 10.0. The molecular formula is C26H34F6N4O6. The molecule has 2 rings (SSSR count). The van der Waals surface area contributed by atoms with Gasteiger partial charge in [-0.25, -0.2) is 9.59 Å². The van der Waals surface area contributed by atoms with E-state index in [0.717, 1.165) is 11.1 Å². The summed E-state index contributed by atoms with van der Waals surface area (Å²) in [5.41, 5.74) is 8.46. The van der Waals surface area contributed by atoms with Crippen LogP contribution in [-0.4, -0.2) is 50.1 Å². The monoisotopic (exact) mass is 612 g/mol. The molecule has 0 saturated carbocycles. The minimum Gasteiger partial charge on any atom is -0.462 e. The van der Waals surface area contributed by atoms with Crippen LogP contribution >= 0.6 is 0 Å². The summed E-state index contributed by atoms with van der Waals surface area (Å²) in [6.45, 7) is 8.24. The molecule has 0 spiro atoms. The smallest absolute Gasteiger partial charge is 0.446 e. The molecule has 6 N–H and O–H groups in total. The van der Waals surface area contributed by atoms with E-state index >= 15 is 0 Å². The summed E-state index contributed by atoms with van der Waals surface area (Å²) in [6, 6.07) is 14.5. The second-order valence-electron chi connectivity index (χ2n) is 7.78. The highest BCUT2D eigenvalue weighted by Crippen LogP contribution is 2.14. The van der Waals surface area contributed by atoms with Crippen molar-refractivity contribution in [2.75, 3.05) is 13.2 Å². The Balaban J connectivity index is 0. The van der Waals surface area contributed by atoms with E-state index in [1.54, 1.807) is 38.1 Å². The Morgan fingerprint density at radius 2 is 0.929 bits per heavy atom. The molecule has 0 amide bonds. The average molecular weight is 613 g/mol. The maximum absolute atomic E-state index is 11.3. The maximum Gasteiger partial charge on any atom is 0.446 e. The Bertz CT molecular complexity index is 979. The number of nitrogens with two attached hydrogens (primary N) is 2. The first kappa shape index (κ1) is 40.3. The second-order valence-corrected chi connectivity index (χ2v) is 7.78. The van der Waals surface area contributed by atoms with Crippen LogP contribution in [0.25, 0.3) is 0 Å². The fraction of sp³-hybridized carbons (Fsp3) is 0.385. The largest absolute Gasteiger partial charge is 0.462 e. The fourth-order valence-electron chi connectivity index (χ4n) is 2.44. The van der Waals surface area contributed by atoms with Crippen molar-refractivity contribution in [2.24, 2.45) is 11.7 Å².